The molecule has 4 aromatic carbocycles. The summed E-state index contributed by atoms with van der Waals surface area (Å²) in [6.45, 7) is 3.68. The zero-order chi connectivity index (χ0) is 31.1. The third-order valence-electron chi connectivity index (χ3n) is 6.39. The second kappa shape index (κ2) is 14.4. The van der Waals surface area contributed by atoms with Gasteiger partial charge >= 0.3 is 0 Å². The van der Waals surface area contributed by atoms with Crippen LogP contribution in [-0.2, 0) is 4.79 Å². The lowest BCUT2D eigenvalue weighted by molar-refractivity contribution is -0.118. The number of para-hydroxylation sites is 1. The highest BCUT2D eigenvalue weighted by atomic mass is 79.9. The van der Waals surface area contributed by atoms with E-state index >= 15 is 0 Å². The summed E-state index contributed by atoms with van der Waals surface area (Å²) in [4.78, 5) is 30.1. The first kappa shape index (κ1) is 31.1. The van der Waals surface area contributed by atoms with Gasteiger partial charge in [-0.05, 0) is 83.4 Å². The molecule has 44 heavy (non-hydrogen) atoms. The summed E-state index contributed by atoms with van der Waals surface area (Å²) >= 11 is 8.47. The van der Waals surface area contributed by atoms with Crippen LogP contribution in [-0.4, -0.2) is 29.6 Å². The molecule has 0 aliphatic heterocycles. The first-order valence-corrected chi connectivity index (χ1v) is 15.9. The molecule has 0 unspecified atom stereocenters. The van der Waals surface area contributed by atoms with Crippen LogP contribution < -0.4 is 20.8 Å². The molecule has 11 heteroatoms. The molecular weight excluding hydrogens is 706 g/mol. The van der Waals surface area contributed by atoms with Crippen LogP contribution in [0, 0.1) is 13.8 Å². The molecule has 0 radical (unpaired) electrons. The van der Waals surface area contributed by atoms with Crippen molar-refractivity contribution in [2.45, 2.75) is 13.8 Å². The third-order valence-corrected chi connectivity index (χ3v) is 8.20. The smallest absolute Gasteiger partial charge is 0.271 e. The van der Waals surface area contributed by atoms with Gasteiger partial charge in [-0.15, -0.1) is 11.3 Å². The van der Waals surface area contributed by atoms with Gasteiger partial charge in [0.2, 0.25) is 0 Å². The van der Waals surface area contributed by atoms with E-state index in [9.17, 15) is 9.59 Å². The van der Waals surface area contributed by atoms with Crippen LogP contribution in [0.2, 0.25) is 0 Å². The van der Waals surface area contributed by atoms with Gasteiger partial charge in [0, 0.05) is 37.9 Å². The van der Waals surface area contributed by atoms with E-state index in [2.05, 4.69) is 58.0 Å². The Labute approximate surface area is 275 Å². The number of aryl methyl sites for hydroxylation is 2. The van der Waals surface area contributed by atoms with Crippen molar-refractivity contribution < 1.29 is 14.3 Å². The quantitative estimate of drug-likeness (QED) is 0.0987. The summed E-state index contributed by atoms with van der Waals surface area (Å²) < 4.78 is 7.26. The highest BCUT2D eigenvalue weighted by Crippen LogP contribution is 2.32. The number of benzene rings is 4. The predicted molar refractivity (Wildman–Crippen MR) is 184 cm³/mol. The summed E-state index contributed by atoms with van der Waals surface area (Å²) in [5.41, 5.74) is 8.97. The van der Waals surface area contributed by atoms with Gasteiger partial charge in [-0.25, -0.2) is 10.4 Å². The van der Waals surface area contributed by atoms with E-state index in [1.807, 2.05) is 79.9 Å². The zero-order valence-electron chi connectivity index (χ0n) is 23.7. The lowest BCUT2D eigenvalue weighted by Gasteiger charge is -2.13. The van der Waals surface area contributed by atoms with Crippen molar-refractivity contribution in [3.05, 3.63) is 122 Å². The van der Waals surface area contributed by atoms with Crippen LogP contribution in [0.5, 0.6) is 5.75 Å². The molecule has 1 aromatic heterocycles. The van der Waals surface area contributed by atoms with Crippen LogP contribution in [0.3, 0.4) is 0 Å². The second-order valence-electron chi connectivity index (χ2n) is 9.77. The van der Waals surface area contributed by atoms with Crippen LogP contribution in [0.1, 0.15) is 27.0 Å². The topological polar surface area (TPSA) is 105 Å². The standard InChI is InChI=1S/C33H27Br2N5O3S/c1-20-8-9-21(2)28(14-20)38-30(41)18-43-31-24(15-25(34)16-27(31)35)17-36-40-32(42)23-12-10-22(11-13-23)29-19-44-33(39-29)37-26-6-4-3-5-7-26/h3-17,19H,18H2,1-2H3,(H,37,39)(H,38,41)(H,40,42)/b36-17+. The van der Waals surface area contributed by atoms with Crippen molar-refractivity contribution in [3.63, 3.8) is 0 Å². The Morgan fingerprint density at radius 2 is 1.75 bits per heavy atom. The Morgan fingerprint density at radius 3 is 2.52 bits per heavy atom. The lowest BCUT2D eigenvalue weighted by atomic mass is 10.1. The average Bonchev–Trinajstić information content (AvgIpc) is 3.47. The number of hydrazone groups is 1. The van der Waals surface area contributed by atoms with Crippen molar-refractivity contribution in [2.24, 2.45) is 5.10 Å². The molecule has 0 aliphatic rings. The summed E-state index contributed by atoms with van der Waals surface area (Å²) in [6, 6.07) is 26.4. The second-order valence-corrected chi connectivity index (χ2v) is 12.4. The first-order chi connectivity index (χ1) is 21.2. The van der Waals surface area contributed by atoms with Gasteiger partial charge in [-0.3, -0.25) is 9.59 Å². The van der Waals surface area contributed by atoms with E-state index in [0.717, 1.165) is 43.4 Å². The minimum absolute atomic E-state index is 0.212. The molecule has 0 atom stereocenters. The number of thiazole rings is 1. The highest BCUT2D eigenvalue weighted by Gasteiger charge is 2.13. The van der Waals surface area contributed by atoms with Gasteiger partial charge in [-0.1, -0.05) is 58.4 Å². The number of nitrogens with zero attached hydrogens (tertiary/aromatic N) is 2. The summed E-state index contributed by atoms with van der Waals surface area (Å²) in [6.07, 6.45) is 1.47. The molecule has 2 amide bonds. The van der Waals surface area contributed by atoms with Crippen molar-refractivity contribution >= 4 is 77.7 Å². The molecule has 222 valence electrons. The first-order valence-electron chi connectivity index (χ1n) is 13.5. The Morgan fingerprint density at radius 1 is 0.977 bits per heavy atom. The monoisotopic (exact) mass is 731 g/mol. The molecule has 0 spiro atoms. The Balaban J connectivity index is 1.20. The summed E-state index contributed by atoms with van der Waals surface area (Å²) in [5, 5.41) is 13.1. The van der Waals surface area contributed by atoms with E-state index < -0.39 is 0 Å². The van der Waals surface area contributed by atoms with Gasteiger partial charge in [0.25, 0.3) is 11.8 Å². The van der Waals surface area contributed by atoms with Crippen molar-refractivity contribution in [1.82, 2.24) is 10.4 Å². The van der Waals surface area contributed by atoms with Gasteiger partial charge < -0.3 is 15.4 Å². The van der Waals surface area contributed by atoms with E-state index in [1.165, 1.54) is 17.6 Å². The van der Waals surface area contributed by atoms with Gasteiger partial charge in [0.05, 0.1) is 16.4 Å². The normalized spacial score (nSPS) is 10.9. The van der Waals surface area contributed by atoms with E-state index in [1.54, 1.807) is 24.3 Å². The van der Waals surface area contributed by atoms with Crippen molar-refractivity contribution in [3.8, 4) is 17.0 Å². The van der Waals surface area contributed by atoms with Crippen molar-refractivity contribution in [2.75, 3.05) is 17.2 Å². The number of hydrogen-bond donors (Lipinski definition) is 3. The molecule has 0 bridgehead atoms. The molecule has 0 saturated carbocycles. The molecule has 0 fully saturated rings. The third kappa shape index (κ3) is 8.19. The zero-order valence-corrected chi connectivity index (χ0v) is 27.7. The molecule has 1 heterocycles. The van der Waals surface area contributed by atoms with Gasteiger partial charge in [0.15, 0.2) is 11.7 Å². The number of amides is 2. The molecule has 0 aliphatic carbocycles. The Hall–Kier alpha value is -4.32. The van der Waals surface area contributed by atoms with Crippen LogP contribution in [0.25, 0.3) is 11.3 Å². The number of aromatic nitrogens is 1. The molecule has 5 aromatic rings. The highest BCUT2D eigenvalue weighted by molar-refractivity contribution is 9.11. The number of carbonyl (C=O) groups excluding carboxylic acids is 2. The maximum Gasteiger partial charge on any atom is 0.271 e. The number of ether oxygens (including phenoxy) is 1. The van der Waals surface area contributed by atoms with Crippen LogP contribution >= 0.6 is 43.2 Å². The van der Waals surface area contributed by atoms with E-state index in [4.69, 9.17) is 4.74 Å². The van der Waals surface area contributed by atoms with Crippen molar-refractivity contribution in [1.29, 1.82) is 0 Å². The maximum atomic E-state index is 12.8. The van der Waals surface area contributed by atoms with E-state index in [-0.39, 0.29) is 18.4 Å². The summed E-state index contributed by atoms with van der Waals surface area (Å²) in [7, 11) is 0. The number of halogens is 2. The number of rotatable bonds is 10. The number of carbonyl (C=O) groups is 2. The number of anilines is 3. The fourth-order valence-electron chi connectivity index (χ4n) is 4.15. The van der Waals surface area contributed by atoms with E-state index in [0.29, 0.717) is 21.3 Å². The predicted octanol–water partition coefficient (Wildman–Crippen LogP) is 8.48. The molecule has 5 rings (SSSR count). The number of nitrogens with one attached hydrogen (secondary N) is 3. The van der Waals surface area contributed by atoms with Gasteiger partial charge in [-0.2, -0.15) is 5.10 Å². The fourth-order valence-corrected chi connectivity index (χ4v) is 6.26. The Kier molecular flexibility index (Phi) is 10.2. The fraction of sp³-hybridized carbons (Fsp3) is 0.0909. The number of hydrogen-bond acceptors (Lipinski definition) is 7. The SMILES string of the molecule is Cc1ccc(C)c(NC(=O)COc2c(Br)cc(Br)cc2/C=N/NC(=O)c2ccc(-c3csc(Nc4ccccc4)n3)cc2)c1. The van der Waals surface area contributed by atoms with Crippen LogP contribution in [0.4, 0.5) is 16.5 Å². The average molecular weight is 733 g/mol. The molecule has 3 N–H and O–H groups in total. The lowest BCUT2D eigenvalue weighted by Crippen LogP contribution is -2.21. The summed E-state index contributed by atoms with van der Waals surface area (Å²) in [5.74, 6) is -0.257. The van der Waals surface area contributed by atoms with Crippen LogP contribution in [0.15, 0.2) is 104 Å². The van der Waals surface area contributed by atoms with Gasteiger partial charge in [0.1, 0.15) is 5.75 Å². The minimum Gasteiger partial charge on any atom is -0.482 e. The molecule has 0 saturated heterocycles. The Bertz CT molecular complexity index is 1830. The molecule has 8 nitrogen and oxygen atoms in total. The largest absolute Gasteiger partial charge is 0.482 e. The molecular formula is C33H27Br2N5O3S. The minimum atomic E-state index is -0.373. The maximum absolute atomic E-state index is 12.8.